The van der Waals surface area contributed by atoms with E-state index in [0.29, 0.717) is 16.8 Å². The molecule has 1 atom stereocenters. The number of aromatic amines is 1. The quantitative estimate of drug-likeness (QED) is 0.430. The number of ether oxygens (including phenoxy) is 1. The van der Waals surface area contributed by atoms with Crippen LogP contribution in [0, 0.1) is 5.92 Å². The van der Waals surface area contributed by atoms with E-state index >= 15 is 0 Å². The lowest BCUT2D eigenvalue weighted by atomic mass is 10.2. The van der Waals surface area contributed by atoms with E-state index in [9.17, 15) is 14.4 Å². The summed E-state index contributed by atoms with van der Waals surface area (Å²) in [5.41, 5.74) is -0.0342. The Morgan fingerprint density at radius 2 is 2.27 bits per heavy atom. The third-order valence-electron chi connectivity index (χ3n) is 3.38. The zero-order valence-corrected chi connectivity index (χ0v) is 13.4. The zero-order chi connectivity index (χ0) is 16.1. The van der Waals surface area contributed by atoms with Gasteiger partial charge in [0.1, 0.15) is 0 Å². The topological polar surface area (TPSA) is 101 Å². The van der Waals surface area contributed by atoms with Crippen molar-refractivity contribution in [3.8, 4) is 0 Å². The van der Waals surface area contributed by atoms with Gasteiger partial charge in [-0.25, -0.2) is 4.98 Å². The number of aromatic nitrogens is 2. The maximum Gasteiger partial charge on any atom is 0.311 e. The maximum atomic E-state index is 11.8. The maximum absolute atomic E-state index is 11.8. The molecule has 1 aromatic rings. The van der Waals surface area contributed by atoms with Crippen LogP contribution >= 0.6 is 11.8 Å². The van der Waals surface area contributed by atoms with Gasteiger partial charge in [-0.2, -0.15) is 0 Å². The number of nitrogens with zero attached hydrogens (tertiary/aromatic N) is 1. The molecule has 1 aliphatic rings. The molecule has 0 bridgehead atoms. The first-order valence-corrected chi connectivity index (χ1v) is 8.05. The number of methoxy groups -OCH3 is 1. The summed E-state index contributed by atoms with van der Waals surface area (Å²) in [4.78, 5) is 41.3. The highest BCUT2D eigenvalue weighted by atomic mass is 32.2. The van der Waals surface area contributed by atoms with Gasteiger partial charge in [-0.3, -0.25) is 14.4 Å². The van der Waals surface area contributed by atoms with Crippen LogP contribution < -0.4 is 10.9 Å². The van der Waals surface area contributed by atoms with Gasteiger partial charge < -0.3 is 15.0 Å². The predicted octanol–water partition coefficient (Wildman–Crippen LogP) is 0.492. The Kier molecular flexibility index (Phi) is 5.59. The summed E-state index contributed by atoms with van der Waals surface area (Å²) in [7, 11) is 1.27. The van der Waals surface area contributed by atoms with Crippen molar-refractivity contribution in [1.29, 1.82) is 0 Å². The van der Waals surface area contributed by atoms with Crippen molar-refractivity contribution in [2.24, 2.45) is 5.92 Å². The van der Waals surface area contributed by atoms with Gasteiger partial charge in [-0.15, -0.1) is 0 Å². The molecule has 0 saturated heterocycles. The van der Waals surface area contributed by atoms with Crippen molar-refractivity contribution in [3.63, 3.8) is 0 Å². The first-order valence-electron chi connectivity index (χ1n) is 7.07. The summed E-state index contributed by atoms with van der Waals surface area (Å²) in [6.07, 6.45) is 2.26. The highest BCUT2D eigenvalue weighted by Gasteiger charge is 2.28. The molecule has 22 heavy (non-hydrogen) atoms. The summed E-state index contributed by atoms with van der Waals surface area (Å²) in [6, 6.07) is 1.43. The lowest BCUT2D eigenvalue weighted by Gasteiger charge is -2.12. The summed E-state index contributed by atoms with van der Waals surface area (Å²) in [5.74, 6) is 0.201. The van der Waals surface area contributed by atoms with Crippen LogP contribution in [0.1, 0.15) is 25.5 Å². The van der Waals surface area contributed by atoms with E-state index in [0.717, 1.165) is 11.8 Å². The largest absolute Gasteiger partial charge is 0.469 e. The number of esters is 1. The average molecular weight is 325 g/mol. The first kappa shape index (κ1) is 16.5. The minimum atomic E-state index is -0.468. The number of carbonyl (C=O) groups excluding carboxylic acids is 2. The summed E-state index contributed by atoms with van der Waals surface area (Å²) in [5, 5.41) is 3.25. The van der Waals surface area contributed by atoms with Gasteiger partial charge in [0.15, 0.2) is 5.16 Å². The molecule has 0 radical (unpaired) electrons. The van der Waals surface area contributed by atoms with Crippen molar-refractivity contribution in [2.75, 3.05) is 12.9 Å². The van der Waals surface area contributed by atoms with Gasteiger partial charge in [0.2, 0.25) is 5.91 Å². The molecule has 0 aliphatic heterocycles. The van der Waals surface area contributed by atoms with Crippen LogP contribution in [0.25, 0.3) is 0 Å². The van der Waals surface area contributed by atoms with E-state index in [1.54, 1.807) is 0 Å². The smallest absolute Gasteiger partial charge is 0.311 e. The molecule has 1 saturated carbocycles. The molecule has 1 aliphatic carbocycles. The number of hydrogen-bond acceptors (Lipinski definition) is 6. The van der Waals surface area contributed by atoms with E-state index < -0.39 is 5.97 Å². The predicted molar refractivity (Wildman–Crippen MR) is 81.6 cm³/mol. The Morgan fingerprint density at radius 3 is 2.91 bits per heavy atom. The Bertz CT molecular complexity index is 612. The van der Waals surface area contributed by atoms with Gasteiger partial charge in [0, 0.05) is 12.1 Å². The van der Waals surface area contributed by atoms with Crippen molar-refractivity contribution in [1.82, 2.24) is 15.3 Å². The molecule has 1 heterocycles. The van der Waals surface area contributed by atoms with Gasteiger partial charge in [-0.05, 0) is 25.7 Å². The fourth-order valence-electron chi connectivity index (χ4n) is 2.01. The number of hydrogen-bond donors (Lipinski definition) is 2. The number of amides is 1. The highest BCUT2D eigenvalue weighted by molar-refractivity contribution is 7.99. The van der Waals surface area contributed by atoms with E-state index in [4.69, 9.17) is 0 Å². The van der Waals surface area contributed by atoms with Crippen LogP contribution in [0.15, 0.2) is 16.0 Å². The van der Waals surface area contributed by atoms with Crippen LogP contribution in [0.5, 0.6) is 0 Å². The first-order chi connectivity index (χ1) is 10.5. The van der Waals surface area contributed by atoms with E-state index in [1.807, 2.05) is 6.92 Å². The Labute approximate surface area is 132 Å². The minimum Gasteiger partial charge on any atom is -0.469 e. The fourth-order valence-corrected chi connectivity index (χ4v) is 2.71. The second-order valence-corrected chi connectivity index (χ2v) is 6.24. The second-order valence-electron chi connectivity index (χ2n) is 5.28. The highest BCUT2D eigenvalue weighted by Crippen LogP contribution is 2.32. The molecule has 0 aromatic carbocycles. The monoisotopic (exact) mass is 325 g/mol. The molecule has 8 heteroatoms. The van der Waals surface area contributed by atoms with Crippen LogP contribution in [0.4, 0.5) is 0 Å². The third kappa shape index (κ3) is 5.18. The molecule has 1 amide bonds. The fraction of sp³-hybridized carbons (Fsp3) is 0.571. The molecule has 7 nitrogen and oxygen atoms in total. The molecule has 120 valence electrons. The second kappa shape index (κ2) is 7.44. The number of rotatable bonds is 7. The van der Waals surface area contributed by atoms with Gasteiger partial charge in [0.05, 0.1) is 25.0 Å². The Hall–Kier alpha value is -1.83. The number of H-pyrrole nitrogens is 1. The Morgan fingerprint density at radius 1 is 1.55 bits per heavy atom. The lowest BCUT2D eigenvalue weighted by Crippen LogP contribution is -2.35. The number of thioether (sulfide) groups is 1. The molecule has 1 fully saturated rings. The van der Waals surface area contributed by atoms with E-state index in [1.165, 1.54) is 26.0 Å². The lowest BCUT2D eigenvalue weighted by molar-refractivity contribution is -0.139. The molecule has 2 rings (SSSR count). The van der Waals surface area contributed by atoms with Crippen molar-refractivity contribution in [2.45, 2.75) is 37.4 Å². The molecule has 1 aromatic heterocycles. The average Bonchev–Trinajstić information content (AvgIpc) is 3.29. The van der Waals surface area contributed by atoms with Gasteiger partial charge in [0.25, 0.3) is 5.56 Å². The molecular weight excluding hydrogens is 306 g/mol. The van der Waals surface area contributed by atoms with E-state index in [-0.39, 0.29) is 29.7 Å². The summed E-state index contributed by atoms with van der Waals surface area (Å²) >= 11 is 1.13. The molecule has 2 N–H and O–H groups in total. The molecule has 0 spiro atoms. The van der Waals surface area contributed by atoms with Crippen molar-refractivity contribution < 1.29 is 14.3 Å². The summed E-state index contributed by atoms with van der Waals surface area (Å²) < 4.78 is 4.54. The SMILES string of the molecule is COC(=O)Cc1cc(=O)[nH]c(SCC(=O)N[C@@H](C)C2CC2)n1. The van der Waals surface area contributed by atoms with Crippen LogP contribution in [0.2, 0.25) is 0 Å². The van der Waals surface area contributed by atoms with Crippen LogP contribution in [0.3, 0.4) is 0 Å². The molecular formula is C14H19N3O4S. The van der Waals surface area contributed by atoms with Gasteiger partial charge in [-0.1, -0.05) is 11.8 Å². The van der Waals surface area contributed by atoms with E-state index in [2.05, 4.69) is 20.0 Å². The molecule has 0 unspecified atom stereocenters. The number of carbonyl (C=O) groups is 2. The van der Waals surface area contributed by atoms with Crippen molar-refractivity contribution in [3.05, 3.63) is 22.1 Å². The third-order valence-corrected chi connectivity index (χ3v) is 4.26. The minimum absolute atomic E-state index is 0.0705. The number of nitrogens with one attached hydrogen (secondary N) is 2. The normalized spacial score (nSPS) is 15.2. The van der Waals surface area contributed by atoms with Gasteiger partial charge >= 0.3 is 5.97 Å². The Balaban J connectivity index is 1.89. The zero-order valence-electron chi connectivity index (χ0n) is 12.5. The van der Waals surface area contributed by atoms with Crippen molar-refractivity contribution >= 4 is 23.6 Å². The van der Waals surface area contributed by atoms with Crippen LogP contribution in [-0.2, 0) is 20.7 Å². The van der Waals surface area contributed by atoms with Crippen LogP contribution in [-0.4, -0.2) is 40.7 Å². The summed E-state index contributed by atoms with van der Waals surface area (Å²) in [6.45, 7) is 2.00. The standard InChI is InChI=1S/C14H19N3O4S/c1-8(9-3-4-9)15-12(19)7-22-14-16-10(5-11(18)17-14)6-13(20)21-2/h5,8-9H,3-4,6-7H2,1-2H3,(H,15,19)(H,16,17,18)/t8-/m0/s1.